The maximum absolute atomic E-state index is 13.2. The second-order valence-electron chi connectivity index (χ2n) is 4.28. The molecule has 0 bridgehead atoms. The molecule has 2 atom stereocenters. The fourth-order valence-corrected chi connectivity index (χ4v) is 1.69. The first-order valence-corrected chi connectivity index (χ1v) is 6.29. The molecule has 20 heavy (non-hydrogen) atoms. The molecule has 0 aromatic heterocycles. The molecule has 0 radical (unpaired) electrons. The maximum atomic E-state index is 13.2. The van der Waals surface area contributed by atoms with Crippen LogP contribution in [0.1, 0.15) is 39.5 Å². The number of likely N-dealkylation sites (N-methyl/N-ethyl adjacent to an activating group) is 1. The lowest BCUT2D eigenvalue weighted by Gasteiger charge is -2.31. The number of hydrogen-bond donors (Lipinski definition) is 1. The molecule has 0 aliphatic heterocycles. The molecule has 118 valence electrons. The Hall–Kier alpha value is -1.51. The molecule has 0 rings (SSSR count). The van der Waals surface area contributed by atoms with Crippen molar-refractivity contribution in [1.82, 2.24) is 5.32 Å². The number of esters is 1. The van der Waals surface area contributed by atoms with Gasteiger partial charge >= 0.3 is 5.97 Å². The largest absolute Gasteiger partial charge is 0.434 e. The molecule has 0 aliphatic carbocycles. The Labute approximate surface area is 115 Å². The van der Waals surface area contributed by atoms with Crippen LogP contribution in [0, 0.1) is 10.1 Å². The number of carbonyl (C=O) groups excluding carboxylic acids is 1. The van der Waals surface area contributed by atoms with E-state index in [0.29, 0.717) is 12.8 Å². The Morgan fingerprint density at radius 1 is 1.45 bits per heavy atom. The van der Waals surface area contributed by atoms with E-state index in [1.807, 2.05) is 6.92 Å². The van der Waals surface area contributed by atoms with E-state index in [9.17, 15) is 23.7 Å². The standard InChI is InChI=1S/C11H20F2N2O5/c1-4-5-6-7-11(14-3,9(12)13)10(16)19-8(2)20-15(17)18/h8-9,14H,4-7H2,1-3H3/t8?,11-/m1/s1. The summed E-state index contributed by atoms with van der Waals surface area (Å²) in [7, 11) is 1.22. The van der Waals surface area contributed by atoms with Crippen molar-refractivity contribution in [1.29, 1.82) is 0 Å². The first kappa shape index (κ1) is 18.5. The van der Waals surface area contributed by atoms with E-state index in [-0.39, 0.29) is 6.42 Å². The lowest BCUT2D eigenvalue weighted by atomic mass is 9.92. The Morgan fingerprint density at radius 2 is 2.05 bits per heavy atom. The summed E-state index contributed by atoms with van der Waals surface area (Å²) in [5.41, 5.74) is -2.18. The second kappa shape index (κ2) is 8.62. The second-order valence-corrected chi connectivity index (χ2v) is 4.28. The van der Waals surface area contributed by atoms with Gasteiger partial charge in [-0.25, -0.2) is 13.6 Å². The van der Waals surface area contributed by atoms with Crippen LogP contribution in [0.25, 0.3) is 0 Å². The van der Waals surface area contributed by atoms with Crippen LogP contribution in [0.15, 0.2) is 0 Å². The summed E-state index contributed by atoms with van der Waals surface area (Å²) in [6, 6.07) is 0. The van der Waals surface area contributed by atoms with Gasteiger partial charge in [0.1, 0.15) is 0 Å². The van der Waals surface area contributed by atoms with E-state index in [0.717, 1.165) is 13.3 Å². The van der Waals surface area contributed by atoms with E-state index in [4.69, 9.17) is 0 Å². The third kappa shape index (κ3) is 5.24. The molecule has 9 heteroatoms. The molecule has 0 aromatic carbocycles. The van der Waals surface area contributed by atoms with Crippen LogP contribution >= 0.6 is 0 Å². The summed E-state index contributed by atoms with van der Waals surface area (Å²) in [5.74, 6) is -1.26. The molecular formula is C11H20F2N2O5. The number of rotatable bonds is 10. The van der Waals surface area contributed by atoms with Gasteiger partial charge < -0.3 is 10.1 Å². The van der Waals surface area contributed by atoms with Crippen LogP contribution in [0.5, 0.6) is 0 Å². The van der Waals surface area contributed by atoms with Gasteiger partial charge in [-0.1, -0.05) is 26.2 Å². The van der Waals surface area contributed by atoms with Crippen molar-refractivity contribution in [3.05, 3.63) is 10.1 Å². The van der Waals surface area contributed by atoms with Gasteiger partial charge in [0.2, 0.25) is 6.29 Å². The Kier molecular flexibility index (Phi) is 7.97. The predicted octanol–water partition coefficient (Wildman–Crippen LogP) is 1.89. The topological polar surface area (TPSA) is 90.7 Å². The number of carbonyl (C=O) groups is 1. The highest BCUT2D eigenvalue weighted by atomic mass is 19.3. The van der Waals surface area contributed by atoms with E-state index >= 15 is 0 Å². The van der Waals surface area contributed by atoms with Crippen LogP contribution in [-0.2, 0) is 14.4 Å². The van der Waals surface area contributed by atoms with Gasteiger partial charge in [-0.15, -0.1) is 10.1 Å². The lowest BCUT2D eigenvalue weighted by Crippen LogP contribution is -2.57. The maximum Gasteiger partial charge on any atom is 0.334 e. The average molecular weight is 298 g/mol. The van der Waals surface area contributed by atoms with Crippen LogP contribution in [0.3, 0.4) is 0 Å². The number of nitrogens with one attached hydrogen (secondary N) is 1. The average Bonchev–Trinajstić information content (AvgIpc) is 2.33. The van der Waals surface area contributed by atoms with Gasteiger partial charge in [0.25, 0.3) is 11.5 Å². The molecule has 0 fully saturated rings. The van der Waals surface area contributed by atoms with Gasteiger partial charge in [-0.05, 0) is 20.4 Å². The highest BCUT2D eigenvalue weighted by molar-refractivity contribution is 5.81. The number of nitrogens with zero attached hydrogens (tertiary/aromatic N) is 1. The fourth-order valence-electron chi connectivity index (χ4n) is 1.69. The molecule has 7 nitrogen and oxygen atoms in total. The normalized spacial score (nSPS) is 15.5. The fraction of sp³-hybridized carbons (Fsp3) is 0.909. The highest BCUT2D eigenvalue weighted by Crippen LogP contribution is 2.25. The SMILES string of the molecule is CCCCC[C@](NC)(C(=O)OC(C)O[N+](=O)[O-])C(F)F. The summed E-state index contributed by atoms with van der Waals surface area (Å²) >= 11 is 0. The Bertz CT molecular complexity index is 330. The quantitative estimate of drug-likeness (QED) is 0.218. The number of alkyl halides is 2. The highest BCUT2D eigenvalue weighted by Gasteiger charge is 2.47. The smallest absolute Gasteiger partial charge is 0.334 e. The monoisotopic (exact) mass is 298 g/mol. The van der Waals surface area contributed by atoms with Crippen LogP contribution in [0.2, 0.25) is 0 Å². The first-order valence-electron chi connectivity index (χ1n) is 6.29. The van der Waals surface area contributed by atoms with Gasteiger partial charge in [-0.2, -0.15) is 0 Å². The number of ether oxygens (including phenoxy) is 1. The zero-order valence-electron chi connectivity index (χ0n) is 11.7. The van der Waals surface area contributed by atoms with Gasteiger partial charge in [0.05, 0.1) is 0 Å². The van der Waals surface area contributed by atoms with E-state index in [2.05, 4.69) is 14.9 Å². The minimum Gasteiger partial charge on any atom is -0.434 e. The van der Waals surface area contributed by atoms with Crippen molar-refractivity contribution in [2.45, 2.75) is 57.8 Å². The van der Waals surface area contributed by atoms with E-state index < -0.39 is 29.3 Å². The molecule has 1 unspecified atom stereocenters. The number of halogens is 2. The van der Waals surface area contributed by atoms with Crippen LogP contribution in [-0.4, -0.2) is 36.4 Å². The minimum atomic E-state index is -3.00. The molecule has 1 N–H and O–H groups in total. The summed E-state index contributed by atoms with van der Waals surface area (Å²) < 4.78 is 31.0. The Morgan fingerprint density at radius 3 is 2.45 bits per heavy atom. The van der Waals surface area contributed by atoms with Crippen molar-refractivity contribution in [3.8, 4) is 0 Å². The van der Waals surface area contributed by atoms with Crippen molar-refractivity contribution in [2.24, 2.45) is 0 Å². The van der Waals surface area contributed by atoms with Crippen molar-refractivity contribution in [3.63, 3.8) is 0 Å². The molecule has 0 saturated heterocycles. The third-order valence-corrected chi connectivity index (χ3v) is 2.87. The van der Waals surface area contributed by atoms with Crippen molar-refractivity contribution < 1.29 is 28.2 Å². The van der Waals surface area contributed by atoms with Gasteiger partial charge in [-0.3, -0.25) is 4.84 Å². The summed E-state index contributed by atoms with van der Waals surface area (Å²) in [6.07, 6.45) is -2.78. The molecule has 0 aromatic rings. The molecule has 0 heterocycles. The minimum absolute atomic E-state index is 0.126. The van der Waals surface area contributed by atoms with Crippen molar-refractivity contribution >= 4 is 5.97 Å². The summed E-state index contributed by atoms with van der Waals surface area (Å²) in [6.45, 7) is 2.98. The van der Waals surface area contributed by atoms with E-state index in [1.165, 1.54) is 7.05 Å². The molecule has 0 saturated carbocycles. The number of unbranched alkanes of at least 4 members (excludes halogenated alkanes) is 2. The van der Waals surface area contributed by atoms with Crippen LogP contribution < -0.4 is 5.32 Å². The third-order valence-electron chi connectivity index (χ3n) is 2.87. The summed E-state index contributed by atoms with van der Waals surface area (Å²) in [5, 5.41) is 11.2. The molecule has 0 amide bonds. The zero-order chi connectivity index (χ0) is 15.8. The summed E-state index contributed by atoms with van der Waals surface area (Å²) in [4.78, 5) is 25.9. The van der Waals surface area contributed by atoms with Gasteiger partial charge in [0, 0.05) is 0 Å². The molecular weight excluding hydrogens is 278 g/mol. The predicted molar refractivity (Wildman–Crippen MR) is 65.6 cm³/mol. The van der Waals surface area contributed by atoms with Crippen molar-refractivity contribution in [2.75, 3.05) is 7.05 Å². The molecule has 0 spiro atoms. The van der Waals surface area contributed by atoms with Gasteiger partial charge in [0.15, 0.2) is 5.54 Å². The Balaban J connectivity index is 4.83. The first-order chi connectivity index (χ1) is 9.30. The molecule has 0 aliphatic rings. The van der Waals surface area contributed by atoms with Crippen LogP contribution in [0.4, 0.5) is 8.78 Å². The lowest BCUT2D eigenvalue weighted by molar-refractivity contribution is -0.777. The number of hydrogen-bond acceptors (Lipinski definition) is 6. The van der Waals surface area contributed by atoms with E-state index in [1.54, 1.807) is 0 Å². The zero-order valence-corrected chi connectivity index (χ0v) is 11.7.